The van der Waals surface area contributed by atoms with Crippen molar-refractivity contribution in [2.75, 3.05) is 13.1 Å². The van der Waals surface area contributed by atoms with Gasteiger partial charge in [0.15, 0.2) is 5.78 Å². The molecule has 2 nitrogen and oxygen atoms in total. The van der Waals surface area contributed by atoms with Crippen LogP contribution in [0, 0.1) is 0 Å². The first kappa shape index (κ1) is 12.9. The maximum atomic E-state index is 11.9. The van der Waals surface area contributed by atoms with Crippen molar-refractivity contribution >= 4 is 18.2 Å². The standard InChI is InChI=1S/C13H15NO.ClH/c15-13(12-7-4-8-14-10-12)9-11-5-2-1-3-6-11;/h1-3,5-7,14H,4,8-10H2;1H. The van der Waals surface area contributed by atoms with Crippen LogP contribution in [-0.4, -0.2) is 18.9 Å². The molecular weight excluding hydrogens is 222 g/mol. The molecule has 1 aliphatic rings. The Morgan fingerprint density at radius 3 is 2.62 bits per heavy atom. The molecule has 1 N–H and O–H groups in total. The van der Waals surface area contributed by atoms with Crippen molar-refractivity contribution in [2.45, 2.75) is 12.8 Å². The molecule has 0 saturated heterocycles. The van der Waals surface area contributed by atoms with Crippen molar-refractivity contribution in [3.05, 3.63) is 47.5 Å². The third-order valence-electron chi connectivity index (χ3n) is 2.59. The van der Waals surface area contributed by atoms with Crippen molar-refractivity contribution in [3.8, 4) is 0 Å². The molecule has 0 radical (unpaired) electrons. The number of hydrogen-bond acceptors (Lipinski definition) is 2. The monoisotopic (exact) mass is 237 g/mol. The Labute approximate surface area is 102 Å². The number of carbonyl (C=O) groups excluding carboxylic acids is 1. The molecule has 3 heteroatoms. The number of hydrogen-bond donors (Lipinski definition) is 1. The number of Topliss-reactive ketones (excluding diaryl/α,β-unsaturated/α-hetero) is 1. The average molecular weight is 238 g/mol. The number of benzene rings is 1. The van der Waals surface area contributed by atoms with Gasteiger partial charge in [-0.1, -0.05) is 36.4 Å². The molecule has 0 fully saturated rings. The molecule has 0 bridgehead atoms. The Morgan fingerprint density at radius 2 is 2.00 bits per heavy atom. The minimum Gasteiger partial charge on any atom is -0.312 e. The van der Waals surface area contributed by atoms with Crippen LogP contribution >= 0.6 is 12.4 Å². The predicted octanol–water partition coefficient (Wildman–Crippen LogP) is 2.14. The highest BCUT2D eigenvalue weighted by Crippen LogP contribution is 2.08. The van der Waals surface area contributed by atoms with Crippen LogP contribution in [0.25, 0.3) is 0 Å². The summed E-state index contributed by atoms with van der Waals surface area (Å²) in [6.07, 6.45) is 3.55. The Bertz CT molecular complexity index is 373. The number of halogens is 1. The minimum atomic E-state index is 0. The minimum absolute atomic E-state index is 0. The lowest BCUT2D eigenvalue weighted by Crippen LogP contribution is -2.26. The van der Waals surface area contributed by atoms with E-state index < -0.39 is 0 Å². The first-order chi connectivity index (χ1) is 7.36. The molecule has 0 spiro atoms. The van der Waals surface area contributed by atoms with Crippen LogP contribution in [0.1, 0.15) is 12.0 Å². The summed E-state index contributed by atoms with van der Waals surface area (Å²) in [6.45, 7) is 1.72. The molecule has 2 rings (SSSR count). The van der Waals surface area contributed by atoms with Gasteiger partial charge in [-0.2, -0.15) is 0 Å². The lowest BCUT2D eigenvalue weighted by atomic mass is 10.0. The van der Waals surface area contributed by atoms with Gasteiger partial charge in [0, 0.05) is 18.5 Å². The molecule has 0 saturated carbocycles. The molecule has 1 aromatic rings. The van der Waals surface area contributed by atoms with Crippen LogP contribution in [0.3, 0.4) is 0 Å². The van der Waals surface area contributed by atoms with Gasteiger partial charge in [-0.05, 0) is 18.5 Å². The van der Waals surface area contributed by atoms with Crippen LogP contribution < -0.4 is 5.32 Å². The zero-order chi connectivity index (χ0) is 10.5. The first-order valence-electron chi connectivity index (χ1n) is 5.33. The van der Waals surface area contributed by atoms with Gasteiger partial charge in [0.25, 0.3) is 0 Å². The molecule has 1 aliphatic heterocycles. The molecule has 0 atom stereocenters. The fourth-order valence-corrected chi connectivity index (χ4v) is 1.75. The Kier molecular flexibility index (Phi) is 5.23. The predicted molar refractivity (Wildman–Crippen MR) is 68.0 cm³/mol. The van der Waals surface area contributed by atoms with E-state index in [1.807, 2.05) is 30.3 Å². The van der Waals surface area contributed by atoms with Crippen molar-refractivity contribution in [1.82, 2.24) is 5.32 Å². The van der Waals surface area contributed by atoms with Gasteiger partial charge in [0.1, 0.15) is 0 Å². The van der Waals surface area contributed by atoms with Gasteiger partial charge in [0.2, 0.25) is 0 Å². The van der Waals surface area contributed by atoms with Crippen molar-refractivity contribution in [3.63, 3.8) is 0 Å². The zero-order valence-electron chi connectivity index (χ0n) is 9.11. The topological polar surface area (TPSA) is 29.1 Å². The van der Waals surface area contributed by atoms with Gasteiger partial charge in [-0.25, -0.2) is 0 Å². The number of rotatable bonds is 3. The van der Waals surface area contributed by atoms with Gasteiger partial charge in [-0.3, -0.25) is 4.79 Å². The van der Waals surface area contributed by atoms with Crippen LogP contribution in [-0.2, 0) is 11.2 Å². The molecule has 16 heavy (non-hydrogen) atoms. The van der Waals surface area contributed by atoms with E-state index in [9.17, 15) is 4.79 Å². The van der Waals surface area contributed by atoms with Crippen molar-refractivity contribution in [1.29, 1.82) is 0 Å². The maximum absolute atomic E-state index is 11.9. The zero-order valence-corrected chi connectivity index (χ0v) is 9.93. The Hall–Kier alpha value is -1.12. The third kappa shape index (κ3) is 3.47. The van der Waals surface area contributed by atoms with Gasteiger partial charge < -0.3 is 5.32 Å². The highest BCUT2D eigenvalue weighted by molar-refractivity contribution is 5.97. The van der Waals surface area contributed by atoms with Gasteiger partial charge >= 0.3 is 0 Å². The summed E-state index contributed by atoms with van der Waals surface area (Å²) in [5, 5.41) is 3.21. The fourth-order valence-electron chi connectivity index (χ4n) is 1.75. The second kappa shape index (κ2) is 6.46. The van der Waals surface area contributed by atoms with Crippen LogP contribution in [0.5, 0.6) is 0 Å². The summed E-state index contributed by atoms with van der Waals surface area (Å²) in [5.41, 5.74) is 2.03. The second-order valence-corrected chi connectivity index (χ2v) is 3.78. The smallest absolute Gasteiger partial charge is 0.164 e. The lowest BCUT2D eigenvalue weighted by Gasteiger charge is -2.12. The molecular formula is C13H16ClNO. The lowest BCUT2D eigenvalue weighted by molar-refractivity contribution is -0.115. The van der Waals surface area contributed by atoms with Crippen LogP contribution in [0.15, 0.2) is 42.0 Å². The maximum Gasteiger partial charge on any atom is 0.164 e. The molecule has 1 heterocycles. The largest absolute Gasteiger partial charge is 0.312 e. The summed E-state index contributed by atoms with van der Waals surface area (Å²) in [5.74, 6) is 0.244. The van der Waals surface area contributed by atoms with Crippen LogP contribution in [0.4, 0.5) is 0 Å². The Morgan fingerprint density at radius 1 is 1.25 bits per heavy atom. The normalized spacial score (nSPS) is 14.9. The molecule has 0 unspecified atom stereocenters. The van der Waals surface area contributed by atoms with Crippen LogP contribution in [0.2, 0.25) is 0 Å². The van der Waals surface area contributed by atoms with E-state index in [-0.39, 0.29) is 18.2 Å². The molecule has 86 valence electrons. The summed E-state index contributed by atoms with van der Waals surface area (Å²) in [6, 6.07) is 9.89. The quantitative estimate of drug-likeness (QED) is 0.873. The number of ketones is 1. The SMILES string of the molecule is Cl.O=C(Cc1ccccc1)C1=CCCNC1. The summed E-state index contributed by atoms with van der Waals surface area (Å²) < 4.78 is 0. The first-order valence-corrected chi connectivity index (χ1v) is 5.33. The molecule has 1 aromatic carbocycles. The molecule has 0 aliphatic carbocycles. The fraction of sp³-hybridized carbons (Fsp3) is 0.308. The van der Waals surface area contributed by atoms with Crippen molar-refractivity contribution < 1.29 is 4.79 Å². The number of carbonyl (C=O) groups is 1. The molecule has 0 aromatic heterocycles. The highest BCUT2D eigenvalue weighted by Gasteiger charge is 2.11. The van der Waals surface area contributed by atoms with Gasteiger partial charge in [0.05, 0.1) is 0 Å². The van der Waals surface area contributed by atoms with E-state index >= 15 is 0 Å². The number of nitrogens with one attached hydrogen (secondary N) is 1. The van der Waals surface area contributed by atoms with E-state index in [1.54, 1.807) is 0 Å². The second-order valence-electron chi connectivity index (χ2n) is 3.78. The van der Waals surface area contributed by atoms with E-state index in [0.717, 1.165) is 30.6 Å². The van der Waals surface area contributed by atoms with E-state index in [0.29, 0.717) is 6.42 Å². The molecule has 0 amide bonds. The summed E-state index contributed by atoms with van der Waals surface area (Å²) >= 11 is 0. The van der Waals surface area contributed by atoms with Crippen molar-refractivity contribution in [2.24, 2.45) is 0 Å². The van der Waals surface area contributed by atoms with E-state index in [2.05, 4.69) is 11.4 Å². The average Bonchev–Trinajstić information content (AvgIpc) is 2.31. The Balaban J connectivity index is 0.00000128. The third-order valence-corrected chi connectivity index (χ3v) is 2.59. The van der Waals surface area contributed by atoms with E-state index in [1.165, 1.54) is 0 Å². The van der Waals surface area contributed by atoms with E-state index in [4.69, 9.17) is 0 Å². The van der Waals surface area contributed by atoms with Gasteiger partial charge in [-0.15, -0.1) is 12.4 Å². The summed E-state index contributed by atoms with van der Waals surface area (Å²) in [7, 11) is 0. The summed E-state index contributed by atoms with van der Waals surface area (Å²) in [4.78, 5) is 11.9. The highest BCUT2D eigenvalue weighted by atomic mass is 35.5.